The van der Waals surface area contributed by atoms with E-state index in [-0.39, 0.29) is 0 Å². The van der Waals surface area contributed by atoms with Crippen LogP contribution in [0, 0.1) is 11.3 Å². The molecule has 6 heteroatoms. The molecule has 0 saturated heterocycles. The number of nitriles is 1. The SMILES string of the molecule is CN(Cc1nc2ccccc2n1C)c1cc(C#N)c2cc(Cl)ccc2n1. The van der Waals surface area contributed by atoms with Crippen LogP contribution in [-0.4, -0.2) is 21.6 Å². The number of pyridine rings is 1. The number of rotatable bonds is 3. The van der Waals surface area contributed by atoms with Crippen molar-refractivity contribution in [2.24, 2.45) is 7.05 Å². The largest absolute Gasteiger partial charge is 0.352 e. The molecule has 2 heterocycles. The van der Waals surface area contributed by atoms with E-state index in [2.05, 4.69) is 21.7 Å². The van der Waals surface area contributed by atoms with Gasteiger partial charge in [-0.15, -0.1) is 0 Å². The van der Waals surface area contributed by atoms with Crippen molar-refractivity contribution in [3.05, 3.63) is 64.9 Å². The van der Waals surface area contributed by atoms with Crippen molar-refractivity contribution in [2.45, 2.75) is 6.54 Å². The zero-order valence-corrected chi connectivity index (χ0v) is 15.2. The minimum absolute atomic E-state index is 0.560. The average Bonchev–Trinajstić information content (AvgIpc) is 2.96. The van der Waals surface area contributed by atoms with Gasteiger partial charge < -0.3 is 9.47 Å². The number of benzene rings is 2. The van der Waals surface area contributed by atoms with Crippen LogP contribution in [0.4, 0.5) is 5.82 Å². The molecule has 2 aromatic heterocycles. The Morgan fingerprint density at radius 2 is 1.92 bits per heavy atom. The quantitative estimate of drug-likeness (QED) is 0.546. The lowest BCUT2D eigenvalue weighted by Gasteiger charge is -2.19. The van der Waals surface area contributed by atoms with Crippen LogP contribution < -0.4 is 4.90 Å². The molecule has 0 saturated carbocycles. The minimum atomic E-state index is 0.560. The van der Waals surface area contributed by atoms with E-state index in [1.54, 1.807) is 18.2 Å². The number of aryl methyl sites for hydroxylation is 1. The van der Waals surface area contributed by atoms with Crippen LogP contribution in [0.2, 0.25) is 5.02 Å². The van der Waals surface area contributed by atoms with Gasteiger partial charge in [0.15, 0.2) is 0 Å². The monoisotopic (exact) mass is 361 g/mol. The van der Waals surface area contributed by atoms with Crippen LogP contribution >= 0.6 is 11.6 Å². The number of fused-ring (bicyclic) bond motifs is 2. The summed E-state index contributed by atoms with van der Waals surface area (Å²) in [6.45, 7) is 0.585. The predicted molar refractivity (Wildman–Crippen MR) is 104 cm³/mol. The molecular formula is C20H16ClN5. The maximum absolute atomic E-state index is 9.51. The first kappa shape index (κ1) is 16.4. The van der Waals surface area contributed by atoms with Gasteiger partial charge in [-0.1, -0.05) is 23.7 Å². The van der Waals surface area contributed by atoms with E-state index in [9.17, 15) is 5.26 Å². The molecule has 0 atom stereocenters. The third-order valence-electron chi connectivity index (χ3n) is 4.53. The summed E-state index contributed by atoms with van der Waals surface area (Å²) in [4.78, 5) is 11.4. The lowest BCUT2D eigenvalue weighted by Crippen LogP contribution is -2.20. The van der Waals surface area contributed by atoms with Crippen LogP contribution in [0.15, 0.2) is 48.5 Å². The van der Waals surface area contributed by atoms with E-state index in [0.717, 1.165) is 33.6 Å². The highest BCUT2D eigenvalue weighted by Gasteiger charge is 2.13. The molecule has 0 radical (unpaired) electrons. The Balaban J connectivity index is 1.73. The molecule has 0 aliphatic carbocycles. The maximum Gasteiger partial charge on any atom is 0.130 e. The third-order valence-corrected chi connectivity index (χ3v) is 4.76. The Kier molecular flexibility index (Phi) is 3.98. The first-order valence-electron chi connectivity index (χ1n) is 8.18. The van der Waals surface area contributed by atoms with Gasteiger partial charge in [-0.25, -0.2) is 9.97 Å². The number of hydrogen-bond acceptors (Lipinski definition) is 4. The van der Waals surface area contributed by atoms with Crippen molar-refractivity contribution in [1.82, 2.24) is 14.5 Å². The van der Waals surface area contributed by atoms with Crippen molar-refractivity contribution in [1.29, 1.82) is 5.26 Å². The Bertz CT molecular complexity index is 1170. The molecule has 0 aliphatic rings. The van der Waals surface area contributed by atoms with Gasteiger partial charge in [0.2, 0.25) is 0 Å². The van der Waals surface area contributed by atoms with E-state index in [4.69, 9.17) is 16.6 Å². The van der Waals surface area contributed by atoms with Gasteiger partial charge in [0.1, 0.15) is 11.6 Å². The van der Waals surface area contributed by atoms with Gasteiger partial charge in [-0.05, 0) is 36.4 Å². The van der Waals surface area contributed by atoms with Crippen molar-refractivity contribution in [3.63, 3.8) is 0 Å². The third kappa shape index (κ3) is 2.75. The van der Waals surface area contributed by atoms with Gasteiger partial charge in [-0.3, -0.25) is 0 Å². The summed E-state index contributed by atoms with van der Waals surface area (Å²) in [5, 5.41) is 10.9. The lowest BCUT2D eigenvalue weighted by atomic mass is 10.1. The Morgan fingerprint density at radius 3 is 2.69 bits per heavy atom. The molecule has 0 fully saturated rings. The predicted octanol–water partition coefficient (Wildman–Crippen LogP) is 4.28. The fourth-order valence-corrected chi connectivity index (χ4v) is 3.27. The van der Waals surface area contributed by atoms with Gasteiger partial charge in [0, 0.05) is 24.5 Å². The van der Waals surface area contributed by atoms with Gasteiger partial charge in [-0.2, -0.15) is 5.26 Å². The second-order valence-corrected chi connectivity index (χ2v) is 6.67. The molecule has 5 nitrogen and oxygen atoms in total. The lowest BCUT2D eigenvalue weighted by molar-refractivity contribution is 0.770. The number of hydrogen-bond donors (Lipinski definition) is 0. The fraction of sp³-hybridized carbons (Fsp3) is 0.150. The summed E-state index contributed by atoms with van der Waals surface area (Å²) in [5.74, 6) is 1.66. The van der Waals surface area contributed by atoms with E-state index in [1.165, 1.54) is 0 Å². The van der Waals surface area contributed by atoms with Crippen molar-refractivity contribution in [2.75, 3.05) is 11.9 Å². The van der Waals surface area contributed by atoms with E-state index in [0.29, 0.717) is 17.1 Å². The van der Waals surface area contributed by atoms with E-state index < -0.39 is 0 Å². The van der Waals surface area contributed by atoms with E-state index >= 15 is 0 Å². The minimum Gasteiger partial charge on any atom is -0.352 e. The zero-order valence-electron chi connectivity index (χ0n) is 14.4. The van der Waals surface area contributed by atoms with Crippen molar-refractivity contribution >= 4 is 39.4 Å². The van der Waals surface area contributed by atoms with Gasteiger partial charge in [0.25, 0.3) is 0 Å². The second-order valence-electron chi connectivity index (χ2n) is 6.23. The normalized spacial score (nSPS) is 11.0. The Morgan fingerprint density at radius 1 is 1.12 bits per heavy atom. The smallest absolute Gasteiger partial charge is 0.130 e. The molecule has 128 valence electrons. The molecular weight excluding hydrogens is 346 g/mol. The first-order chi connectivity index (χ1) is 12.6. The first-order valence-corrected chi connectivity index (χ1v) is 8.56. The number of anilines is 1. The maximum atomic E-state index is 9.51. The highest BCUT2D eigenvalue weighted by Crippen LogP contribution is 2.26. The summed E-state index contributed by atoms with van der Waals surface area (Å²) in [6, 6.07) is 17.5. The number of imidazole rings is 1. The summed E-state index contributed by atoms with van der Waals surface area (Å²) in [7, 11) is 3.96. The summed E-state index contributed by atoms with van der Waals surface area (Å²) in [5.41, 5.74) is 3.37. The van der Waals surface area contributed by atoms with E-state index in [1.807, 2.05) is 43.3 Å². The number of halogens is 1. The second kappa shape index (κ2) is 6.32. The molecule has 0 spiro atoms. The topological polar surface area (TPSA) is 57.7 Å². The molecule has 4 rings (SSSR count). The Hall–Kier alpha value is -3.10. The molecule has 0 N–H and O–H groups in total. The van der Waals surface area contributed by atoms with Gasteiger partial charge in [0.05, 0.1) is 34.7 Å². The van der Waals surface area contributed by atoms with Crippen LogP contribution in [0.1, 0.15) is 11.4 Å². The van der Waals surface area contributed by atoms with Gasteiger partial charge >= 0.3 is 0 Å². The molecule has 0 unspecified atom stereocenters. The highest BCUT2D eigenvalue weighted by molar-refractivity contribution is 6.31. The summed E-state index contributed by atoms with van der Waals surface area (Å²) >= 11 is 6.05. The van der Waals surface area contributed by atoms with Crippen LogP contribution in [-0.2, 0) is 13.6 Å². The fourth-order valence-electron chi connectivity index (χ4n) is 3.10. The van der Waals surface area contributed by atoms with Crippen molar-refractivity contribution < 1.29 is 0 Å². The van der Waals surface area contributed by atoms with Crippen LogP contribution in [0.5, 0.6) is 0 Å². The molecule has 0 aliphatic heterocycles. The standard InChI is InChI=1S/C20H16ClN5/c1-25(12-20-24-17-5-3-4-6-18(17)26(20)2)19-9-13(11-22)15-10-14(21)7-8-16(15)23-19/h3-10H,12H2,1-2H3. The molecule has 26 heavy (non-hydrogen) atoms. The molecule has 4 aromatic rings. The molecule has 2 aromatic carbocycles. The summed E-state index contributed by atoms with van der Waals surface area (Å²) < 4.78 is 2.08. The number of para-hydroxylation sites is 2. The van der Waals surface area contributed by atoms with Crippen LogP contribution in [0.3, 0.4) is 0 Å². The Labute approximate surface area is 156 Å². The average molecular weight is 362 g/mol. The van der Waals surface area contributed by atoms with Crippen molar-refractivity contribution in [3.8, 4) is 6.07 Å². The number of nitrogens with zero attached hydrogens (tertiary/aromatic N) is 5. The number of aromatic nitrogens is 3. The zero-order chi connectivity index (χ0) is 18.3. The summed E-state index contributed by atoms with van der Waals surface area (Å²) in [6.07, 6.45) is 0. The van der Waals surface area contributed by atoms with Crippen LogP contribution in [0.25, 0.3) is 21.9 Å². The molecule has 0 bridgehead atoms. The highest BCUT2D eigenvalue weighted by atomic mass is 35.5. The molecule has 0 amide bonds.